The third-order valence-electron chi connectivity index (χ3n) is 9.13. The van der Waals surface area contributed by atoms with Crippen molar-refractivity contribution in [3.8, 4) is 5.75 Å². The van der Waals surface area contributed by atoms with E-state index in [0.717, 1.165) is 51.4 Å². The first-order valence-corrected chi connectivity index (χ1v) is 16.5. The molecule has 216 valence electrons. The molecule has 2 saturated carbocycles. The minimum absolute atomic E-state index is 0.384. The molecule has 0 aromatic heterocycles. The summed E-state index contributed by atoms with van der Waals surface area (Å²) in [6.45, 7) is 0.388. The number of para-hydroxylation sites is 1. The highest BCUT2D eigenvalue weighted by atomic mass is 31.2. The predicted molar refractivity (Wildman–Crippen MR) is 148 cm³/mol. The van der Waals surface area contributed by atoms with Gasteiger partial charge in [-0.2, -0.15) is 0 Å². The highest BCUT2D eigenvalue weighted by Crippen LogP contribution is 2.55. The molecule has 7 rings (SSSR count). The van der Waals surface area contributed by atoms with E-state index < -0.39 is 43.5 Å². The Morgan fingerprint density at radius 3 is 2.17 bits per heavy atom. The molecule has 40 heavy (non-hydrogen) atoms. The standard InChI is InChI=1S/C31H39O8P/c1-33-23-15-7-8-16-25(23)40(32,22-13-5-2-6-14-22)39-27-26(24-21-34-30(36-24)17-9-3-10-18-30)35-29-28(27)37-31(38-29)19-11-4-12-20-31/h2,5-8,13-16,24,26-29H,3-4,9-12,17-21H2,1H3/t24-,26+,27-,28+,29+,40+/m0/s1. The van der Waals surface area contributed by atoms with Gasteiger partial charge >= 0.3 is 0 Å². The fourth-order valence-corrected chi connectivity index (χ4v) is 9.52. The van der Waals surface area contributed by atoms with Gasteiger partial charge in [0.25, 0.3) is 7.37 Å². The van der Waals surface area contributed by atoms with E-state index in [1.54, 1.807) is 7.11 Å². The first-order valence-electron chi connectivity index (χ1n) is 14.8. The van der Waals surface area contributed by atoms with Crippen LogP contribution in [0, 0.1) is 0 Å². The van der Waals surface area contributed by atoms with Gasteiger partial charge in [-0.25, -0.2) is 0 Å². The highest BCUT2D eigenvalue weighted by molar-refractivity contribution is 7.74. The molecule has 2 aliphatic carbocycles. The molecule has 0 N–H and O–H groups in total. The van der Waals surface area contributed by atoms with Gasteiger partial charge in [0.1, 0.15) is 30.2 Å². The monoisotopic (exact) mass is 570 g/mol. The Bertz CT molecular complexity index is 1220. The largest absolute Gasteiger partial charge is 0.496 e. The van der Waals surface area contributed by atoms with Gasteiger partial charge in [0.05, 0.1) is 19.0 Å². The van der Waals surface area contributed by atoms with E-state index in [1.165, 1.54) is 12.8 Å². The Balaban J connectivity index is 1.25. The van der Waals surface area contributed by atoms with Crippen LogP contribution in [0.3, 0.4) is 0 Å². The lowest BCUT2D eigenvalue weighted by atomic mass is 9.94. The molecule has 9 heteroatoms. The molecule has 2 spiro atoms. The zero-order chi connectivity index (χ0) is 27.2. The average Bonchev–Trinajstić information content (AvgIpc) is 3.66. The normalized spacial score (nSPS) is 34.1. The number of rotatable bonds is 6. The lowest BCUT2D eigenvalue weighted by molar-refractivity contribution is -0.258. The summed E-state index contributed by atoms with van der Waals surface area (Å²) in [5.74, 6) is -0.748. The van der Waals surface area contributed by atoms with Crippen LogP contribution < -0.4 is 15.3 Å². The highest BCUT2D eigenvalue weighted by Gasteiger charge is 2.63. The van der Waals surface area contributed by atoms with Crippen LogP contribution in [-0.4, -0.2) is 56.0 Å². The second kappa shape index (κ2) is 10.8. The van der Waals surface area contributed by atoms with Gasteiger partial charge in [-0.15, -0.1) is 0 Å². The molecule has 5 fully saturated rings. The predicted octanol–water partition coefficient (Wildman–Crippen LogP) is 5.19. The van der Waals surface area contributed by atoms with Crippen molar-refractivity contribution in [3.05, 3.63) is 54.6 Å². The molecule has 3 saturated heterocycles. The van der Waals surface area contributed by atoms with Gasteiger partial charge in [0.2, 0.25) is 0 Å². The molecule has 2 aromatic rings. The third-order valence-corrected chi connectivity index (χ3v) is 11.7. The zero-order valence-corrected chi connectivity index (χ0v) is 24.0. The fraction of sp³-hybridized carbons (Fsp3) is 0.613. The number of hydrogen-bond donors (Lipinski definition) is 0. The van der Waals surface area contributed by atoms with Crippen molar-refractivity contribution in [1.29, 1.82) is 0 Å². The first kappa shape index (κ1) is 27.1. The van der Waals surface area contributed by atoms with Crippen molar-refractivity contribution in [2.24, 2.45) is 0 Å². The van der Waals surface area contributed by atoms with Crippen molar-refractivity contribution in [3.63, 3.8) is 0 Å². The lowest BCUT2D eigenvalue weighted by Crippen LogP contribution is -2.46. The van der Waals surface area contributed by atoms with Gasteiger partial charge in [0.15, 0.2) is 17.9 Å². The molecular formula is C31H39O8P. The van der Waals surface area contributed by atoms with E-state index in [0.29, 0.717) is 23.0 Å². The van der Waals surface area contributed by atoms with Crippen molar-refractivity contribution in [2.75, 3.05) is 13.7 Å². The molecule has 6 atom stereocenters. The maximum atomic E-state index is 15.2. The lowest BCUT2D eigenvalue weighted by Gasteiger charge is -2.36. The topological polar surface area (TPSA) is 81.7 Å². The van der Waals surface area contributed by atoms with Gasteiger partial charge in [-0.05, 0) is 49.9 Å². The van der Waals surface area contributed by atoms with Crippen LogP contribution in [0.4, 0.5) is 0 Å². The molecule has 8 nitrogen and oxygen atoms in total. The second-order valence-electron chi connectivity index (χ2n) is 11.7. The molecule has 5 aliphatic rings. The van der Waals surface area contributed by atoms with E-state index in [4.69, 9.17) is 32.9 Å². The molecule has 0 bridgehead atoms. The molecule has 3 heterocycles. The number of methoxy groups -OCH3 is 1. The minimum atomic E-state index is -3.68. The van der Waals surface area contributed by atoms with Crippen molar-refractivity contribution in [1.82, 2.24) is 0 Å². The quantitative estimate of drug-likeness (QED) is 0.440. The van der Waals surface area contributed by atoms with Crippen LogP contribution in [-0.2, 0) is 32.8 Å². The Morgan fingerprint density at radius 2 is 1.45 bits per heavy atom. The smallest absolute Gasteiger partial charge is 0.265 e. The van der Waals surface area contributed by atoms with E-state index in [2.05, 4.69) is 0 Å². The second-order valence-corrected chi connectivity index (χ2v) is 14.0. The van der Waals surface area contributed by atoms with Gasteiger partial charge in [-0.1, -0.05) is 43.2 Å². The van der Waals surface area contributed by atoms with Crippen LogP contribution in [0.2, 0.25) is 0 Å². The number of benzene rings is 2. The van der Waals surface area contributed by atoms with Crippen molar-refractivity contribution >= 4 is 18.0 Å². The van der Waals surface area contributed by atoms with Gasteiger partial charge in [0, 0.05) is 31.0 Å². The van der Waals surface area contributed by atoms with Crippen LogP contribution in [0.1, 0.15) is 64.2 Å². The Morgan fingerprint density at radius 1 is 0.775 bits per heavy atom. The van der Waals surface area contributed by atoms with E-state index in [-0.39, 0.29) is 6.10 Å². The summed E-state index contributed by atoms with van der Waals surface area (Å²) in [6, 6.07) is 16.7. The number of hydrogen-bond acceptors (Lipinski definition) is 8. The summed E-state index contributed by atoms with van der Waals surface area (Å²) < 4.78 is 60.5. The van der Waals surface area contributed by atoms with Crippen LogP contribution in [0.5, 0.6) is 5.75 Å². The SMILES string of the molecule is COc1ccccc1[P@](=O)(O[C@@H]1[C@H]2OC3(CCCCC3)O[C@H]2O[C@@H]1[C@@H]1COC2(CCCCC2)O1)c1ccccc1. The molecule has 0 radical (unpaired) electrons. The summed E-state index contributed by atoms with van der Waals surface area (Å²) >= 11 is 0. The summed E-state index contributed by atoms with van der Waals surface area (Å²) in [4.78, 5) is 0. The van der Waals surface area contributed by atoms with E-state index >= 15 is 4.57 Å². The minimum Gasteiger partial charge on any atom is -0.496 e. The van der Waals surface area contributed by atoms with Gasteiger partial charge < -0.3 is 32.9 Å². The van der Waals surface area contributed by atoms with Crippen LogP contribution in [0.25, 0.3) is 0 Å². The number of ether oxygens (including phenoxy) is 6. The summed E-state index contributed by atoms with van der Waals surface area (Å²) in [5.41, 5.74) is 0. The Kier molecular flexibility index (Phi) is 7.32. The first-order chi connectivity index (χ1) is 19.5. The molecule has 3 aliphatic heterocycles. The van der Waals surface area contributed by atoms with Crippen LogP contribution in [0.15, 0.2) is 54.6 Å². The Labute approximate surface area is 236 Å². The maximum Gasteiger partial charge on any atom is 0.265 e. The Hall–Kier alpha value is -1.77. The van der Waals surface area contributed by atoms with Crippen molar-refractivity contribution in [2.45, 2.75) is 106 Å². The average molecular weight is 571 g/mol. The molecular weight excluding hydrogens is 531 g/mol. The summed E-state index contributed by atoms with van der Waals surface area (Å²) in [5, 5.41) is 1.09. The molecule has 0 unspecified atom stereocenters. The van der Waals surface area contributed by atoms with Crippen molar-refractivity contribution < 1.29 is 37.5 Å². The third kappa shape index (κ3) is 4.76. The van der Waals surface area contributed by atoms with E-state index in [9.17, 15) is 0 Å². The summed E-state index contributed by atoms with van der Waals surface area (Å²) in [6.07, 6.45) is 7.16. The summed E-state index contributed by atoms with van der Waals surface area (Å²) in [7, 11) is -2.10. The molecule has 0 amide bonds. The molecule has 2 aromatic carbocycles. The fourth-order valence-electron chi connectivity index (χ4n) is 7.12. The van der Waals surface area contributed by atoms with Crippen LogP contribution >= 0.6 is 7.37 Å². The number of fused-ring (bicyclic) bond motifs is 1. The van der Waals surface area contributed by atoms with Gasteiger partial charge in [-0.3, -0.25) is 4.57 Å². The zero-order valence-electron chi connectivity index (χ0n) is 23.1. The maximum absolute atomic E-state index is 15.2. The van der Waals surface area contributed by atoms with E-state index in [1.807, 2.05) is 54.6 Å².